The summed E-state index contributed by atoms with van der Waals surface area (Å²) in [5, 5.41) is 2.43. The van der Waals surface area contributed by atoms with Gasteiger partial charge in [-0.05, 0) is 18.2 Å². The maximum atomic E-state index is 5.81. The number of aromatic nitrogens is 1. The zero-order valence-corrected chi connectivity index (χ0v) is 9.76. The zero-order valence-electron chi connectivity index (χ0n) is 7.42. The van der Waals surface area contributed by atoms with Gasteiger partial charge in [0.05, 0.1) is 7.11 Å². The van der Waals surface area contributed by atoms with Crippen molar-refractivity contribution in [1.82, 2.24) is 4.98 Å². The number of benzene rings is 1. The van der Waals surface area contributed by atoms with Crippen LogP contribution >= 0.6 is 27.5 Å². The fourth-order valence-corrected chi connectivity index (χ4v) is 1.95. The van der Waals surface area contributed by atoms with Crippen LogP contribution < -0.4 is 4.74 Å². The number of ether oxygens (including phenoxy) is 1. The van der Waals surface area contributed by atoms with Crippen molar-refractivity contribution in [3.05, 3.63) is 34.0 Å². The molecule has 0 aliphatic heterocycles. The molecule has 2 aromatic rings. The predicted molar refractivity (Wildman–Crippen MR) is 61.0 cm³/mol. The normalized spacial score (nSPS) is 10.5. The topological polar surface area (TPSA) is 22.1 Å². The highest BCUT2D eigenvalue weighted by atomic mass is 79.9. The molecule has 0 atom stereocenters. The lowest BCUT2D eigenvalue weighted by Gasteiger charge is -2.06. The molecule has 0 amide bonds. The number of nitrogens with zero attached hydrogens (tertiary/aromatic N) is 1. The molecule has 0 N–H and O–H groups in total. The molecule has 1 aromatic carbocycles. The van der Waals surface area contributed by atoms with Crippen LogP contribution in [0.1, 0.15) is 0 Å². The molecule has 0 fully saturated rings. The van der Waals surface area contributed by atoms with Crippen molar-refractivity contribution in [2.24, 2.45) is 0 Å². The molecular formula is C10H7BrClNO. The molecule has 2 rings (SSSR count). The zero-order chi connectivity index (χ0) is 10.1. The Kier molecular flexibility index (Phi) is 2.61. The first-order valence-corrected chi connectivity index (χ1v) is 5.17. The smallest absolute Gasteiger partial charge is 0.129 e. The summed E-state index contributed by atoms with van der Waals surface area (Å²) in [5.74, 6) is 0.798. The van der Waals surface area contributed by atoms with Crippen LogP contribution in [-0.4, -0.2) is 12.1 Å². The molecule has 0 saturated carbocycles. The maximum Gasteiger partial charge on any atom is 0.129 e. The number of methoxy groups -OCH3 is 1. The molecule has 0 aliphatic rings. The van der Waals surface area contributed by atoms with Crippen LogP contribution in [0.4, 0.5) is 0 Å². The second-order valence-corrected chi connectivity index (χ2v) is 4.04. The molecule has 0 bridgehead atoms. The summed E-state index contributed by atoms with van der Waals surface area (Å²) in [7, 11) is 1.64. The first-order valence-electron chi connectivity index (χ1n) is 4.00. The Labute approximate surface area is 95.0 Å². The molecule has 0 radical (unpaired) electrons. The Bertz CT molecular complexity index is 487. The number of hydrogen-bond donors (Lipinski definition) is 0. The van der Waals surface area contributed by atoms with E-state index in [1.54, 1.807) is 13.3 Å². The van der Waals surface area contributed by atoms with Crippen molar-refractivity contribution < 1.29 is 4.74 Å². The molecule has 0 saturated heterocycles. The Hall–Kier alpha value is -0.800. The van der Waals surface area contributed by atoms with Crippen molar-refractivity contribution in [2.75, 3.05) is 7.11 Å². The van der Waals surface area contributed by atoms with E-state index in [9.17, 15) is 0 Å². The van der Waals surface area contributed by atoms with Gasteiger partial charge in [-0.15, -0.1) is 0 Å². The number of pyridine rings is 1. The highest BCUT2D eigenvalue weighted by molar-refractivity contribution is 9.10. The maximum absolute atomic E-state index is 5.81. The quantitative estimate of drug-likeness (QED) is 0.739. The van der Waals surface area contributed by atoms with E-state index in [0.717, 1.165) is 21.0 Å². The lowest BCUT2D eigenvalue weighted by Crippen LogP contribution is -1.86. The Morgan fingerprint density at radius 2 is 2.14 bits per heavy atom. The minimum absolute atomic E-state index is 0.478. The predicted octanol–water partition coefficient (Wildman–Crippen LogP) is 3.66. The molecule has 1 aromatic heterocycles. The average molecular weight is 273 g/mol. The summed E-state index contributed by atoms with van der Waals surface area (Å²) in [6.07, 6.45) is 1.71. The van der Waals surface area contributed by atoms with Crippen molar-refractivity contribution >= 4 is 38.3 Å². The van der Waals surface area contributed by atoms with Gasteiger partial charge in [0.1, 0.15) is 10.9 Å². The van der Waals surface area contributed by atoms with Gasteiger partial charge < -0.3 is 4.74 Å². The lowest BCUT2D eigenvalue weighted by molar-refractivity contribution is 0.419. The second-order valence-electron chi connectivity index (χ2n) is 2.80. The standard InChI is InChI=1S/C10H7BrClNO/c1-14-9-3-2-8(11)6-4-10(12)13-5-7(6)9/h2-5H,1H3. The lowest BCUT2D eigenvalue weighted by atomic mass is 10.1. The Morgan fingerprint density at radius 3 is 2.86 bits per heavy atom. The van der Waals surface area contributed by atoms with Gasteiger partial charge in [-0.25, -0.2) is 4.98 Å². The van der Waals surface area contributed by atoms with Gasteiger partial charge in [0.2, 0.25) is 0 Å². The summed E-state index contributed by atoms with van der Waals surface area (Å²) in [6.45, 7) is 0. The molecule has 1 heterocycles. The SMILES string of the molecule is COc1ccc(Br)c2cc(Cl)ncc12. The highest BCUT2D eigenvalue weighted by Gasteiger charge is 2.05. The van der Waals surface area contributed by atoms with Crippen LogP contribution in [-0.2, 0) is 0 Å². The van der Waals surface area contributed by atoms with Crippen LogP contribution in [0.3, 0.4) is 0 Å². The van der Waals surface area contributed by atoms with Crippen molar-refractivity contribution in [2.45, 2.75) is 0 Å². The van der Waals surface area contributed by atoms with E-state index in [1.165, 1.54) is 0 Å². The molecule has 0 spiro atoms. The minimum atomic E-state index is 0.478. The van der Waals surface area contributed by atoms with E-state index in [0.29, 0.717) is 5.15 Å². The van der Waals surface area contributed by atoms with Crippen molar-refractivity contribution in [3.63, 3.8) is 0 Å². The Balaban J connectivity index is 2.84. The summed E-state index contributed by atoms with van der Waals surface area (Å²) in [6, 6.07) is 5.63. The van der Waals surface area contributed by atoms with Crippen molar-refractivity contribution in [1.29, 1.82) is 0 Å². The number of hydrogen-bond acceptors (Lipinski definition) is 2. The van der Waals surface area contributed by atoms with Gasteiger partial charge in [-0.1, -0.05) is 27.5 Å². The van der Waals surface area contributed by atoms with Gasteiger partial charge in [-0.2, -0.15) is 0 Å². The molecule has 2 nitrogen and oxygen atoms in total. The number of fused-ring (bicyclic) bond motifs is 1. The van der Waals surface area contributed by atoms with Crippen LogP contribution in [0.25, 0.3) is 10.8 Å². The molecular weight excluding hydrogens is 265 g/mol. The van der Waals surface area contributed by atoms with E-state index in [1.807, 2.05) is 18.2 Å². The monoisotopic (exact) mass is 271 g/mol. The van der Waals surface area contributed by atoms with E-state index in [-0.39, 0.29) is 0 Å². The minimum Gasteiger partial charge on any atom is -0.496 e. The van der Waals surface area contributed by atoms with Crippen LogP contribution in [0.2, 0.25) is 5.15 Å². The highest BCUT2D eigenvalue weighted by Crippen LogP contribution is 2.32. The summed E-state index contributed by atoms with van der Waals surface area (Å²) in [5.41, 5.74) is 0. The molecule has 0 unspecified atom stereocenters. The number of rotatable bonds is 1. The van der Waals surface area contributed by atoms with E-state index >= 15 is 0 Å². The molecule has 72 valence electrons. The van der Waals surface area contributed by atoms with E-state index in [2.05, 4.69) is 20.9 Å². The van der Waals surface area contributed by atoms with Gasteiger partial charge in [-0.3, -0.25) is 0 Å². The summed E-state index contributed by atoms with van der Waals surface area (Å²) in [4.78, 5) is 4.02. The number of halogens is 2. The fraction of sp³-hybridized carbons (Fsp3) is 0.100. The van der Waals surface area contributed by atoms with Gasteiger partial charge in [0.25, 0.3) is 0 Å². The third-order valence-electron chi connectivity index (χ3n) is 1.99. The third kappa shape index (κ3) is 1.57. The fourth-order valence-electron chi connectivity index (χ4n) is 1.33. The second kappa shape index (κ2) is 3.75. The average Bonchev–Trinajstić information content (AvgIpc) is 2.19. The van der Waals surface area contributed by atoms with Crippen LogP contribution in [0.15, 0.2) is 28.9 Å². The Morgan fingerprint density at radius 1 is 1.36 bits per heavy atom. The van der Waals surface area contributed by atoms with Gasteiger partial charge >= 0.3 is 0 Å². The summed E-state index contributed by atoms with van der Waals surface area (Å²) >= 11 is 9.27. The summed E-state index contributed by atoms with van der Waals surface area (Å²) < 4.78 is 6.20. The largest absolute Gasteiger partial charge is 0.496 e. The van der Waals surface area contributed by atoms with Gasteiger partial charge in [0.15, 0.2) is 0 Å². The van der Waals surface area contributed by atoms with E-state index in [4.69, 9.17) is 16.3 Å². The van der Waals surface area contributed by atoms with E-state index < -0.39 is 0 Å². The van der Waals surface area contributed by atoms with Crippen LogP contribution in [0.5, 0.6) is 5.75 Å². The first kappa shape index (κ1) is 9.74. The third-order valence-corrected chi connectivity index (χ3v) is 2.89. The van der Waals surface area contributed by atoms with Crippen LogP contribution in [0, 0.1) is 0 Å². The molecule has 4 heteroatoms. The van der Waals surface area contributed by atoms with Crippen molar-refractivity contribution in [3.8, 4) is 5.75 Å². The first-order chi connectivity index (χ1) is 6.72. The molecule has 0 aliphatic carbocycles. The molecule has 14 heavy (non-hydrogen) atoms. The van der Waals surface area contributed by atoms with Gasteiger partial charge in [0, 0.05) is 21.4 Å².